The second-order valence-corrected chi connectivity index (χ2v) is 5.93. The van der Waals surface area contributed by atoms with Gasteiger partial charge >= 0.3 is 5.97 Å². The molecule has 1 saturated heterocycles. The number of carbonyl (C=O) groups excluding carboxylic acids is 1. The van der Waals surface area contributed by atoms with Crippen molar-refractivity contribution in [3.63, 3.8) is 0 Å². The fourth-order valence-electron chi connectivity index (χ4n) is 2.64. The van der Waals surface area contributed by atoms with Crippen LogP contribution in [0.2, 0.25) is 0 Å². The van der Waals surface area contributed by atoms with Crippen LogP contribution in [0.5, 0.6) is 0 Å². The van der Waals surface area contributed by atoms with E-state index in [1.165, 1.54) is 19.3 Å². The fourth-order valence-corrected chi connectivity index (χ4v) is 2.64. The number of nitrogens with zero attached hydrogens (tertiary/aromatic N) is 1. The third-order valence-electron chi connectivity index (χ3n) is 3.65. The first kappa shape index (κ1) is 15.0. The molecule has 0 bridgehead atoms. The molecule has 1 aromatic carbocycles. The smallest absolute Gasteiger partial charge is 0.328 e. The summed E-state index contributed by atoms with van der Waals surface area (Å²) in [6.45, 7) is 6.58. The average molecular weight is 275 g/mol. The summed E-state index contributed by atoms with van der Waals surface area (Å²) in [7, 11) is 0. The number of hydrogen-bond acceptors (Lipinski definition) is 3. The molecule has 1 atom stereocenters. The lowest BCUT2D eigenvalue weighted by Gasteiger charge is -2.33. The lowest BCUT2D eigenvalue weighted by molar-refractivity contribution is -0.152. The van der Waals surface area contributed by atoms with Gasteiger partial charge in [0.15, 0.2) is 0 Å². The maximum Gasteiger partial charge on any atom is 0.328 e. The van der Waals surface area contributed by atoms with Crippen molar-refractivity contribution in [2.75, 3.05) is 19.7 Å². The molecule has 0 aromatic heterocycles. The van der Waals surface area contributed by atoms with Gasteiger partial charge in [-0.15, -0.1) is 0 Å². The van der Waals surface area contributed by atoms with E-state index in [9.17, 15) is 4.79 Å². The number of ether oxygens (including phenoxy) is 1. The molecule has 3 nitrogen and oxygen atoms in total. The number of esters is 1. The molecule has 20 heavy (non-hydrogen) atoms. The number of hydrogen-bond donors (Lipinski definition) is 0. The second-order valence-electron chi connectivity index (χ2n) is 5.93. The van der Waals surface area contributed by atoms with Gasteiger partial charge in [0.2, 0.25) is 0 Å². The van der Waals surface area contributed by atoms with E-state index >= 15 is 0 Å². The Morgan fingerprint density at radius 1 is 1.15 bits per heavy atom. The normalized spacial score (nSPS) is 17.9. The van der Waals surface area contributed by atoms with Gasteiger partial charge in [-0.05, 0) is 37.4 Å². The van der Waals surface area contributed by atoms with E-state index in [1.54, 1.807) is 0 Å². The third kappa shape index (κ3) is 4.07. The maximum atomic E-state index is 12.5. The van der Waals surface area contributed by atoms with E-state index in [0.717, 1.165) is 18.7 Å². The van der Waals surface area contributed by atoms with Crippen LogP contribution in [0.15, 0.2) is 30.3 Å². The molecule has 0 aliphatic carbocycles. The molecule has 110 valence electrons. The van der Waals surface area contributed by atoms with Gasteiger partial charge in [-0.3, -0.25) is 4.90 Å². The number of piperidine rings is 1. The molecule has 0 radical (unpaired) electrons. The first-order chi connectivity index (χ1) is 9.68. The summed E-state index contributed by atoms with van der Waals surface area (Å²) in [5, 5.41) is 0. The van der Waals surface area contributed by atoms with E-state index < -0.39 is 0 Å². The molecular weight excluding hydrogens is 250 g/mol. The summed E-state index contributed by atoms with van der Waals surface area (Å²) in [6.07, 6.45) is 3.60. The van der Waals surface area contributed by atoms with E-state index in [0.29, 0.717) is 12.5 Å². The van der Waals surface area contributed by atoms with Crippen molar-refractivity contribution >= 4 is 5.97 Å². The first-order valence-electron chi connectivity index (χ1n) is 7.64. The summed E-state index contributed by atoms with van der Waals surface area (Å²) < 4.78 is 5.49. The van der Waals surface area contributed by atoms with Crippen molar-refractivity contribution in [1.82, 2.24) is 4.90 Å². The van der Waals surface area contributed by atoms with Crippen molar-refractivity contribution in [2.45, 2.75) is 39.2 Å². The Balaban J connectivity index is 2.13. The van der Waals surface area contributed by atoms with E-state index in [1.807, 2.05) is 30.3 Å². The van der Waals surface area contributed by atoms with Crippen molar-refractivity contribution in [3.05, 3.63) is 35.9 Å². The van der Waals surface area contributed by atoms with Crippen LogP contribution in [0.4, 0.5) is 0 Å². The fraction of sp³-hybridized carbons (Fsp3) is 0.588. The molecule has 3 heteroatoms. The summed E-state index contributed by atoms with van der Waals surface area (Å²) in [6, 6.07) is 9.77. The van der Waals surface area contributed by atoms with Crippen LogP contribution in [-0.2, 0) is 9.53 Å². The number of rotatable bonds is 5. The Morgan fingerprint density at radius 2 is 1.80 bits per heavy atom. The quantitative estimate of drug-likeness (QED) is 0.771. The molecule has 0 amide bonds. The summed E-state index contributed by atoms with van der Waals surface area (Å²) in [5.41, 5.74) is 1.04. The summed E-state index contributed by atoms with van der Waals surface area (Å²) in [5.74, 6) is 0.267. The maximum absolute atomic E-state index is 12.5. The molecule has 1 fully saturated rings. The predicted molar refractivity (Wildman–Crippen MR) is 80.4 cm³/mol. The molecule has 1 aromatic rings. The average Bonchev–Trinajstić information content (AvgIpc) is 2.48. The van der Waals surface area contributed by atoms with Crippen LogP contribution < -0.4 is 0 Å². The second kappa shape index (κ2) is 7.44. The minimum atomic E-state index is -0.241. The summed E-state index contributed by atoms with van der Waals surface area (Å²) in [4.78, 5) is 14.7. The highest BCUT2D eigenvalue weighted by atomic mass is 16.5. The predicted octanol–water partition coefficient (Wildman–Crippen LogP) is 3.41. The van der Waals surface area contributed by atoms with Gasteiger partial charge in [0.05, 0.1) is 6.61 Å². The van der Waals surface area contributed by atoms with Crippen molar-refractivity contribution < 1.29 is 9.53 Å². The van der Waals surface area contributed by atoms with Gasteiger partial charge < -0.3 is 4.74 Å². The van der Waals surface area contributed by atoms with Gasteiger partial charge in [-0.2, -0.15) is 0 Å². The zero-order chi connectivity index (χ0) is 14.4. The van der Waals surface area contributed by atoms with Crippen LogP contribution >= 0.6 is 0 Å². The third-order valence-corrected chi connectivity index (χ3v) is 3.65. The highest BCUT2D eigenvalue weighted by molar-refractivity contribution is 5.77. The molecule has 0 spiro atoms. The summed E-state index contributed by atoms with van der Waals surface area (Å²) >= 11 is 0. The molecule has 0 unspecified atom stereocenters. The monoisotopic (exact) mass is 275 g/mol. The molecule has 2 rings (SSSR count). The van der Waals surface area contributed by atoms with Gasteiger partial charge in [0, 0.05) is 0 Å². The van der Waals surface area contributed by atoms with Gasteiger partial charge in [-0.1, -0.05) is 50.6 Å². The lowest BCUT2D eigenvalue weighted by atomic mass is 10.0. The zero-order valence-electron chi connectivity index (χ0n) is 12.5. The Hall–Kier alpha value is -1.35. The molecule has 0 N–H and O–H groups in total. The van der Waals surface area contributed by atoms with Gasteiger partial charge in [-0.25, -0.2) is 4.79 Å². The van der Waals surface area contributed by atoms with Gasteiger partial charge in [0.25, 0.3) is 0 Å². The number of benzene rings is 1. The minimum absolute atomic E-state index is 0.105. The highest BCUT2D eigenvalue weighted by Gasteiger charge is 2.29. The molecule has 0 saturated carbocycles. The lowest BCUT2D eigenvalue weighted by Crippen LogP contribution is -2.39. The van der Waals surface area contributed by atoms with Crippen LogP contribution in [0.3, 0.4) is 0 Å². The minimum Gasteiger partial charge on any atom is -0.464 e. The SMILES string of the molecule is CC(C)COC(=O)[C@H](c1ccccc1)N1CCCCC1. The van der Waals surface area contributed by atoms with Crippen molar-refractivity contribution in [2.24, 2.45) is 5.92 Å². The van der Waals surface area contributed by atoms with E-state index in [4.69, 9.17) is 4.74 Å². The van der Waals surface area contributed by atoms with E-state index in [-0.39, 0.29) is 12.0 Å². The van der Waals surface area contributed by atoms with E-state index in [2.05, 4.69) is 18.7 Å². The zero-order valence-corrected chi connectivity index (χ0v) is 12.5. The van der Waals surface area contributed by atoms with Crippen LogP contribution in [-0.4, -0.2) is 30.6 Å². The van der Waals surface area contributed by atoms with Gasteiger partial charge in [0.1, 0.15) is 6.04 Å². The Kier molecular flexibility index (Phi) is 5.60. The molecule has 1 heterocycles. The first-order valence-corrected chi connectivity index (χ1v) is 7.64. The standard InChI is InChI=1S/C17H25NO2/c1-14(2)13-20-17(19)16(15-9-5-3-6-10-15)18-11-7-4-8-12-18/h3,5-6,9-10,14,16H,4,7-8,11-13H2,1-2H3/t16-/m0/s1. The molecular formula is C17H25NO2. The molecule has 1 aliphatic heterocycles. The topological polar surface area (TPSA) is 29.5 Å². The van der Waals surface area contributed by atoms with Crippen LogP contribution in [0.1, 0.15) is 44.7 Å². The van der Waals surface area contributed by atoms with Crippen molar-refractivity contribution in [1.29, 1.82) is 0 Å². The van der Waals surface area contributed by atoms with Crippen LogP contribution in [0, 0.1) is 5.92 Å². The Bertz CT molecular complexity index is 410. The highest BCUT2D eigenvalue weighted by Crippen LogP contribution is 2.26. The molecule has 1 aliphatic rings. The Morgan fingerprint density at radius 3 is 2.40 bits per heavy atom. The Labute approximate surface area is 121 Å². The largest absolute Gasteiger partial charge is 0.464 e. The van der Waals surface area contributed by atoms with Crippen molar-refractivity contribution in [3.8, 4) is 0 Å². The number of likely N-dealkylation sites (tertiary alicyclic amines) is 1. The van der Waals surface area contributed by atoms with Crippen LogP contribution in [0.25, 0.3) is 0 Å². The number of carbonyl (C=O) groups is 1.